The van der Waals surface area contributed by atoms with E-state index >= 15 is 0 Å². The quantitative estimate of drug-likeness (QED) is 0.374. The van der Waals surface area contributed by atoms with E-state index in [0.717, 1.165) is 6.07 Å². The molecule has 0 bridgehead atoms. The first-order valence-electron chi connectivity index (χ1n) is 10.2. The first-order chi connectivity index (χ1) is 16.9. The summed E-state index contributed by atoms with van der Waals surface area (Å²) in [4.78, 5) is 76.7. The zero-order valence-corrected chi connectivity index (χ0v) is 18.8. The molecular formula is C24H11F3N2O6S. The normalized spacial score (nSPS) is 12.0. The van der Waals surface area contributed by atoms with E-state index in [0.29, 0.717) is 11.3 Å². The van der Waals surface area contributed by atoms with Crippen LogP contribution in [-0.4, -0.2) is 18.0 Å². The van der Waals surface area contributed by atoms with Gasteiger partial charge in [0.25, 0.3) is 0 Å². The van der Waals surface area contributed by atoms with Gasteiger partial charge in [0.2, 0.25) is 16.8 Å². The third kappa shape index (κ3) is 3.29. The summed E-state index contributed by atoms with van der Waals surface area (Å²) in [6.07, 6.45) is -5.24. The second kappa shape index (κ2) is 7.78. The minimum atomic E-state index is -5.24. The Kier molecular flexibility index (Phi) is 5.04. The number of hydrogen-bond acceptors (Lipinski definition) is 7. The molecule has 4 aromatic carbocycles. The van der Waals surface area contributed by atoms with Crippen LogP contribution >= 0.6 is 11.3 Å². The van der Waals surface area contributed by atoms with E-state index in [1.807, 2.05) is 0 Å². The predicted octanol–water partition coefficient (Wildman–Crippen LogP) is 3.14. The highest BCUT2D eigenvalue weighted by atomic mass is 32.1. The van der Waals surface area contributed by atoms with Crippen LogP contribution in [0.25, 0.3) is 41.7 Å². The number of alkyl halides is 3. The van der Waals surface area contributed by atoms with E-state index in [1.165, 1.54) is 37.3 Å². The summed E-state index contributed by atoms with van der Waals surface area (Å²) in [5.41, 5.74) is -3.66. The number of halogens is 3. The first kappa shape index (κ1) is 23.3. The zero-order chi connectivity index (χ0) is 26.1. The van der Waals surface area contributed by atoms with E-state index in [4.69, 9.17) is 0 Å². The van der Waals surface area contributed by atoms with Gasteiger partial charge < -0.3 is 10.6 Å². The molecule has 2 amide bonds. The maximum atomic E-state index is 13.5. The Morgan fingerprint density at radius 1 is 0.694 bits per heavy atom. The van der Waals surface area contributed by atoms with Gasteiger partial charge in [0.15, 0.2) is 10.9 Å². The predicted molar refractivity (Wildman–Crippen MR) is 131 cm³/mol. The third-order valence-corrected chi connectivity index (χ3v) is 6.85. The number of thiophene rings is 1. The maximum Gasteiger partial charge on any atom is 0.471 e. The molecule has 0 atom stereocenters. The fourth-order valence-corrected chi connectivity index (χ4v) is 5.44. The average molecular weight is 512 g/mol. The van der Waals surface area contributed by atoms with Crippen molar-refractivity contribution in [3.63, 3.8) is 0 Å². The van der Waals surface area contributed by atoms with Gasteiger partial charge in [0, 0.05) is 17.7 Å². The second-order valence-corrected chi connectivity index (χ2v) is 8.94. The number of nitrogens with one attached hydrogen (secondary N) is 2. The topological polar surface area (TPSA) is 126 Å². The molecule has 0 aliphatic carbocycles. The highest BCUT2D eigenvalue weighted by molar-refractivity contribution is 7.25. The lowest BCUT2D eigenvalue weighted by molar-refractivity contribution is -0.167. The van der Waals surface area contributed by atoms with E-state index in [9.17, 15) is 41.9 Å². The molecule has 0 aliphatic rings. The van der Waals surface area contributed by atoms with Crippen molar-refractivity contribution in [2.75, 3.05) is 10.6 Å². The van der Waals surface area contributed by atoms with Gasteiger partial charge in [-0.1, -0.05) is 24.3 Å². The summed E-state index contributed by atoms with van der Waals surface area (Å²) in [6, 6.07) is 7.63. The molecule has 1 aromatic heterocycles. The minimum absolute atomic E-state index is 0.0344. The molecule has 0 radical (unpaired) electrons. The SMILES string of the molecule is CC(=O)Nc1cccc2c(=O)c3sc4c(=O)c5c(NC(=O)C(F)(F)F)cccc5c(=O)c4c3c(=O)c12. The van der Waals surface area contributed by atoms with Gasteiger partial charge in [-0.2, -0.15) is 13.2 Å². The van der Waals surface area contributed by atoms with Crippen molar-refractivity contribution in [3.05, 3.63) is 77.3 Å². The summed E-state index contributed by atoms with van der Waals surface area (Å²) in [5.74, 6) is -2.84. The summed E-state index contributed by atoms with van der Waals surface area (Å²) in [6.45, 7) is 1.21. The van der Waals surface area contributed by atoms with Crippen LogP contribution in [0.1, 0.15) is 6.92 Å². The molecule has 1 heterocycles. The largest absolute Gasteiger partial charge is 0.471 e. The van der Waals surface area contributed by atoms with Crippen LogP contribution in [0, 0.1) is 0 Å². The highest BCUT2D eigenvalue weighted by Gasteiger charge is 2.39. The molecule has 0 saturated carbocycles. The Balaban J connectivity index is 1.96. The van der Waals surface area contributed by atoms with E-state index < -0.39 is 50.8 Å². The molecule has 5 aromatic rings. The number of amides is 2. The molecule has 180 valence electrons. The van der Waals surface area contributed by atoms with Crippen LogP contribution in [0.4, 0.5) is 24.5 Å². The van der Waals surface area contributed by atoms with E-state index in [1.54, 1.807) is 5.32 Å². The van der Waals surface area contributed by atoms with Crippen molar-refractivity contribution in [2.24, 2.45) is 0 Å². The molecule has 12 heteroatoms. The van der Waals surface area contributed by atoms with Gasteiger partial charge in [0.05, 0.1) is 42.3 Å². The highest BCUT2D eigenvalue weighted by Crippen LogP contribution is 2.32. The zero-order valence-electron chi connectivity index (χ0n) is 18.0. The van der Waals surface area contributed by atoms with Crippen LogP contribution in [0.5, 0.6) is 0 Å². The molecule has 0 saturated heterocycles. The monoisotopic (exact) mass is 512 g/mol. The molecule has 5 rings (SSSR count). The lowest BCUT2D eigenvalue weighted by Crippen LogP contribution is -2.30. The molecule has 0 fully saturated rings. The molecule has 0 unspecified atom stereocenters. The van der Waals surface area contributed by atoms with Crippen LogP contribution in [0.3, 0.4) is 0 Å². The smallest absolute Gasteiger partial charge is 0.326 e. The van der Waals surface area contributed by atoms with E-state index in [2.05, 4.69) is 5.32 Å². The van der Waals surface area contributed by atoms with Gasteiger partial charge >= 0.3 is 12.1 Å². The van der Waals surface area contributed by atoms with Crippen molar-refractivity contribution in [2.45, 2.75) is 13.1 Å². The Hall–Kier alpha value is -4.45. The van der Waals surface area contributed by atoms with Gasteiger partial charge in [-0.15, -0.1) is 11.3 Å². The number of rotatable bonds is 2. The third-order valence-electron chi connectivity index (χ3n) is 5.66. The average Bonchev–Trinajstić information content (AvgIpc) is 3.21. The van der Waals surface area contributed by atoms with Crippen molar-refractivity contribution in [1.29, 1.82) is 0 Å². The Morgan fingerprint density at radius 3 is 1.78 bits per heavy atom. The van der Waals surface area contributed by atoms with Crippen molar-refractivity contribution in [1.82, 2.24) is 0 Å². The summed E-state index contributed by atoms with van der Waals surface area (Å²) < 4.78 is 37.9. The van der Waals surface area contributed by atoms with Crippen LogP contribution in [0.15, 0.2) is 55.6 Å². The van der Waals surface area contributed by atoms with Crippen LogP contribution in [-0.2, 0) is 9.59 Å². The summed E-state index contributed by atoms with van der Waals surface area (Å²) in [7, 11) is 0. The van der Waals surface area contributed by atoms with Gasteiger partial charge in [-0.3, -0.25) is 28.8 Å². The van der Waals surface area contributed by atoms with Crippen LogP contribution in [0.2, 0.25) is 0 Å². The fraction of sp³-hybridized carbons (Fsp3) is 0.0833. The second-order valence-electron chi connectivity index (χ2n) is 7.92. The number of fused-ring (bicyclic) bond motifs is 5. The van der Waals surface area contributed by atoms with Gasteiger partial charge in [-0.05, 0) is 12.1 Å². The molecule has 36 heavy (non-hydrogen) atoms. The number of benzene rings is 4. The Labute approximate surface area is 200 Å². The lowest BCUT2D eigenvalue weighted by atomic mass is 10.00. The van der Waals surface area contributed by atoms with Crippen molar-refractivity contribution >= 4 is 76.2 Å². The van der Waals surface area contributed by atoms with Gasteiger partial charge in [-0.25, -0.2) is 0 Å². The molecular weight excluding hydrogens is 501 g/mol. The number of carbonyl (C=O) groups excluding carboxylic acids is 2. The maximum absolute atomic E-state index is 13.5. The molecule has 8 nitrogen and oxygen atoms in total. The number of hydrogen-bond donors (Lipinski definition) is 2. The molecule has 2 N–H and O–H groups in total. The number of anilines is 2. The molecule has 0 aliphatic heterocycles. The van der Waals surface area contributed by atoms with Crippen molar-refractivity contribution in [3.8, 4) is 0 Å². The lowest BCUT2D eigenvalue weighted by Gasteiger charge is -2.10. The van der Waals surface area contributed by atoms with Gasteiger partial charge in [0.1, 0.15) is 0 Å². The molecule has 0 spiro atoms. The number of carbonyl (C=O) groups is 2. The van der Waals surface area contributed by atoms with Crippen LogP contribution < -0.4 is 32.3 Å². The Morgan fingerprint density at radius 2 is 1.19 bits per heavy atom. The standard InChI is InChI=1S/C24H11F3N2O6S/c1-8(30)28-11-6-3-5-10-13(11)19(33)16-15-17(31)9-4-2-7-12(29-23(35)24(25,26)27)14(9)20(34)22(15)36-21(16)18(10)32/h2-7H,1H3,(H,28,30)(H,29,35). The summed E-state index contributed by atoms with van der Waals surface area (Å²) in [5, 5.41) is 2.46. The first-order valence-corrected chi connectivity index (χ1v) is 11.0. The van der Waals surface area contributed by atoms with Crippen molar-refractivity contribution < 1.29 is 22.8 Å². The Bertz CT molecular complexity index is 2020. The fourth-order valence-electron chi connectivity index (χ4n) is 4.24. The minimum Gasteiger partial charge on any atom is -0.326 e. The summed E-state index contributed by atoms with van der Waals surface area (Å²) >= 11 is 0.579. The van der Waals surface area contributed by atoms with E-state index in [-0.39, 0.29) is 42.0 Å².